The van der Waals surface area contributed by atoms with Gasteiger partial charge in [-0.1, -0.05) is 32.9 Å². The van der Waals surface area contributed by atoms with Crippen LogP contribution in [0.1, 0.15) is 54.9 Å². The lowest BCUT2D eigenvalue weighted by Crippen LogP contribution is -2.44. The number of aromatic nitrogens is 2. The summed E-state index contributed by atoms with van der Waals surface area (Å²) in [5.41, 5.74) is 6.96. The lowest BCUT2D eigenvalue weighted by Gasteiger charge is -2.30. The smallest absolute Gasteiger partial charge is 0.313 e. The van der Waals surface area contributed by atoms with Gasteiger partial charge in [-0.15, -0.1) is 11.3 Å². The number of piperidine rings is 1. The summed E-state index contributed by atoms with van der Waals surface area (Å²) in [7, 11) is 3.56. The number of primary amides is 1. The molecule has 5 rings (SSSR count). The van der Waals surface area contributed by atoms with Gasteiger partial charge in [-0.25, -0.2) is 9.97 Å². The van der Waals surface area contributed by atoms with E-state index in [2.05, 4.69) is 60.4 Å². The molecule has 10 nitrogen and oxygen atoms in total. The fraction of sp³-hybridized carbons (Fsp3) is 0.483. The first kappa shape index (κ1) is 29.4. The number of thiazole rings is 1. The molecule has 4 heterocycles. The first-order valence-corrected chi connectivity index (χ1v) is 14.3. The van der Waals surface area contributed by atoms with Crippen molar-refractivity contribution in [1.82, 2.24) is 19.8 Å². The highest BCUT2D eigenvalue weighted by atomic mass is 32.1. The monoisotopic (exact) mass is 566 g/mol. The molecule has 2 fully saturated rings. The van der Waals surface area contributed by atoms with Crippen LogP contribution in [0, 0.1) is 11.3 Å². The minimum absolute atomic E-state index is 0.0318. The zero-order valence-electron chi connectivity index (χ0n) is 23.8. The molecular weight excluding hydrogens is 528 g/mol. The quantitative estimate of drug-likeness (QED) is 0.460. The molecule has 2 saturated heterocycles. The molecule has 1 aromatic carbocycles. The van der Waals surface area contributed by atoms with Crippen LogP contribution in [-0.2, 0) is 9.59 Å². The highest BCUT2D eigenvalue weighted by Crippen LogP contribution is 2.43. The van der Waals surface area contributed by atoms with Crippen LogP contribution >= 0.6 is 11.3 Å². The van der Waals surface area contributed by atoms with Gasteiger partial charge in [-0.2, -0.15) is 0 Å². The first-order chi connectivity index (χ1) is 19.0. The molecule has 3 N–H and O–H groups in total. The van der Waals surface area contributed by atoms with Gasteiger partial charge in [-0.3, -0.25) is 14.4 Å². The molecule has 0 radical (unpaired) electrons. The molecular formula is C29H38N6O4S. The minimum atomic E-state index is -0.763. The van der Waals surface area contributed by atoms with E-state index in [0.29, 0.717) is 30.3 Å². The van der Waals surface area contributed by atoms with Crippen molar-refractivity contribution in [3.8, 4) is 5.88 Å². The van der Waals surface area contributed by atoms with Crippen LogP contribution < -0.4 is 15.8 Å². The van der Waals surface area contributed by atoms with Gasteiger partial charge in [0, 0.05) is 32.1 Å². The average molecular weight is 567 g/mol. The standard InChI is InChI=1S/C15H20N4O4.C14H18N2S/c1-9-4-3-5-19(8-9)15(22)13(21)18-10-6-11(12(16)20)14(23-2)17-7-10;1-14(2)9-16(3)8-10(14)13-15-11-6-4-5-7-12(11)17-13/h6-7,9H,3-5,8H2,1-2H3,(H2,16,20)(H,18,21);4-7,10H,8-9H2,1-3H3. The number of hydrogen-bond donors (Lipinski definition) is 2. The summed E-state index contributed by atoms with van der Waals surface area (Å²) in [5.74, 6) is -1.07. The van der Waals surface area contributed by atoms with E-state index < -0.39 is 17.7 Å². The number of nitrogens with two attached hydrogens (primary N) is 1. The minimum Gasteiger partial charge on any atom is -0.480 e. The molecule has 40 heavy (non-hydrogen) atoms. The maximum absolute atomic E-state index is 12.2. The van der Waals surface area contributed by atoms with E-state index in [1.807, 2.05) is 18.3 Å². The Morgan fingerprint density at radius 2 is 1.95 bits per heavy atom. The van der Waals surface area contributed by atoms with E-state index in [-0.39, 0.29) is 17.1 Å². The van der Waals surface area contributed by atoms with Crippen molar-refractivity contribution in [3.63, 3.8) is 0 Å². The Hall–Kier alpha value is -3.57. The summed E-state index contributed by atoms with van der Waals surface area (Å²) < 4.78 is 6.23. The average Bonchev–Trinajstić information content (AvgIpc) is 3.47. The molecule has 214 valence electrons. The fourth-order valence-corrected chi connectivity index (χ4v) is 6.71. The number of benzene rings is 1. The van der Waals surface area contributed by atoms with Crippen LogP contribution in [-0.4, -0.2) is 77.8 Å². The van der Waals surface area contributed by atoms with Crippen molar-refractivity contribution in [2.45, 2.75) is 39.5 Å². The number of ether oxygens (including phenoxy) is 1. The maximum Gasteiger partial charge on any atom is 0.313 e. The predicted molar refractivity (Wildman–Crippen MR) is 157 cm³/mol. The van der Waals surface area contributed by atoms with E-state index in [1.54, 1.807) is 0 Å². The van der Waals surface area contributed by atoms with Gasteiger partial charge in [0.05, 0.1) is 34.2 Å². The largest absolute Gasteiger partial charge is 0.480 e. The Labute approximate surface area is 238 Å². The lowest BCUT2D eigenvalue weighted by atomic mass is 9.82. The number of anilines is 1. The van der Waals surface area contributed by atoms with E-state index in [1.165, 1.54) is 34.0 Å². The first-order valence-electron chi connectivity index (χ1n) is 13.5. The molecule has 2 aliphatic heterocycles. The summed E-state index contributed by atoms with van der Waals surface area (Å²) >= 11 is 1.86. The topological polar surface area (TPSA) is 131 Å². The number of methoxy groups -OCH3 is 1. The zero-order chi connectivity index (χ0) is 29.0. The second-order valence-electron chi connectivity index (χ2n) is 11.4. The van der Waals surface area contributed by atoms with Gasteiger partial charge in [-0.05, 0) is 49.4 Å². The SMILES string of the molecule is CN1CC(c2nc3ccccc3s2)C(C)(C)C1.COc1ncc(NC(=O)C(=O)N2CCCC(C)C2)cc1C(N)=O. The zero-order valence-corrected chi connectivity index (χ0v) is 24.6. The van der Waals surface area contributed by atoms with Gasteiger partial charge in [0.15, 0.2) is 0 Å². The number of nitrogens with one attached hydrogen (secondary N) is 1. The number of rotatable bonds is 4. The molecule has 3 aromatic rings. The van der Waals surface area contributed by atoms with Crippen LogP contribution in [0.2, 0.25) is 0 Å². The molecule has 3 amide bonds. The molecule has 0 aliphatic carbocycles. The Morgan fingerprint density at radius 1 is 1.20 bits per heavy atom. The van der Waals surface area contributed by atoms with E-state index in [9.17, 15) is 14.4 Å². The highest BCUT2D eigenvalue weighted by molar-refractivity contribution is 7.18. The molecule has 2 aliphatic rings. The van der Waals surface area contributed by atoms with Crippen molar-refractivity contribution >= 4 is 45.0 Å². The van der Waals surface area contributed by atoms with Crippen LogP contribution in [0.25, 0.3) is 10.2 Å². The molecule has 2 aromatic heterocycles. The van der Waals surface area contributed by atoms with Crippen molar-refractivity contribution < 1.29 is 19.1 Å². The molecule has 0 saturated carbocycles. The second-order valence-corrected chi connectivity index (χ2v) is 12.4. The highest BCUT2D eigenvalue weighted by Gasteiger charge is 2.40. The number of likely N-dealkylation sites (tertiary alicyclic amines) is 2. The number of likely N-dealkylation sites (N-methyl/N-ethyl adjacent to an activating group) is 1. The summed E-state index contributed by atoms with van der Waals surface area (Å²) in [5, 5.41) is 3.75. The third-order valence-electron chi connectivity index (χ3n) is 7.43. The summed E-state index contributed by atoms with van der Waals surface area (Å²) in [4.78, 5) is 48.3. The molecule has 0 bridgehead atoms. The number of amides is 3. The maximum atomic E-state index is 12.2. The van der Waals surface area contributed by atoms with Gasteiger partial charge in [0.25, 0.3) is 5.91 Å². The van der Waals surface area contributed by atoms with Crippen molar-refractivity contribution in [2.75, 3.05) is 45.7 Å². The third-order valence-corrected chi connectivity index (χ3v) is 8.58. The van der Waals surface area contributed by atoms with E-state index in [0.717, 1.165) is 31.4 Å². The number of pyridine rings is 1. The van der Waals surface area contributed by atoms with Crippen LogP contribution in [0.5, 0.6) is 5.88 Å². The van der Waals surface area contributed by atoms with E-state index >= 15 is 0 Å². The number of para-hydroxylation sites is 1. The summed E-state index contributed by atoms with van der Waals surface area (Å²) in [6.45, 7) is 10.2. The predicted octanol–water partition coefficient (Wildman–Crippen LogP) is 3.74. The number of hydrogen-bond acceptors (Lipinski definition) is 8. The van der Waals surface area contributed by atoms with Gasteiger partial charge < -0.3 is 25.6 Å². The van der Waals surface area contributed by atoms with Gasteiger partial charge >= 0.3 is 11.8 Å². The summed E-state index contributed by atoms with van der Waals surface area (Å²) in [6, 6.07) is 9.77. The van der Waals surface area contributed by atoms with Crippen molar-refractivity contribution in [1.29, 1.82) is 0 Å². The molecule has 0 spiro atoms. The van der Waals surface area contributed by atoms with Gasteiger partial charge in [0.1, 0.15) is 5.56 Å². The van der Waals surface area contributed by atoms with Crippen LogP contribution in [0.4, 0.5) is 5.69 Å². The summed E-state index contributed by atoms with van der Waals surface area (Å²) in [6.07, 6.45) is 3.24. The normalized spacial score (nSPS) is 20.5. The van der Waals surface area contributed by atoms with Crippen LogP contribution in [0.3, 0.4) is 0 Å². The van der Waals surface area contributed by atoms with Crippen molar-refractivity contribution in [3.05, 3.63) is 47.1 Å². The molecule has 11 heteroatoms. The number of carbonyl (C=O) groups is 3. The Morgan fingerprint density at radius 3 is 2.58 bits per heavy atom. The number of fused-ring (bicyclic) bond motifs is 1. The Kier molecular flexibility index (Phi) is 9.05. The van der Waals surface area contributed by atoms with Crippen molar-refractivity contribution in [2.24, 2.45) is 17.1 Å². The Balaban J connectivity index is 0.000000192. The van der Waals surface area contributed by atoms with E-state index in [4.69, 9.17) is 15.5 Å². The molecule has 2 unspecified atom stereocenters. The van der Waals surface area contributed by atoms with Crippen LogP contribution in [0.15, 0.2) is 36.5 Å². The number of carbonyl (C=O) groups excluding carboxylic acids is 3. The van der Waals surface area contributed by atoms with Gasteiger partial charge in [0.2, 0.25) is 5.88 Å². The lowest BCUT2D eigenvalue weighted by molar-refractivity contribution is -0.144. The number of nitrogens with zero attached hydrogens (tertiary/aromatic N) is 4. The fourth-order valence-electron chi connectivity index (χ4n) is 5.44. The third kappa shape index (κ3) is 6.76. The molecule has 2 atom stereocenters. The second kappa shape index (κ2) is 12.3. The Bertz CT molecular complexity index is 1360.